The number of benzene rings is 1. The van der Waals surface area contributed by atoms with E-state index in [1.165, 1.54) is 11.3 Å². The number of ether oxygens (including phenoxy) is 2. The van der Waals surface area contributed by atoms with E-state index in [4.69, 9.17) is 9.47 Å². The van der Waals surface area contributed by atoms with Crippen molar-refractivity contribution in [3.63, 3.8) is 0 Å². The number of carbonyl (C=O) groups is 2. The van der Waals surface area contributed by atoms with Crippen molar-refractivity contribution in [2.45, 2.75) is 38.0 Å². The van der Waals surface area contributed by atoms with Crippen LogP contribution in [0.15, 0.2) is 24.3 Å². The van der Waals surface area contributed by atoms with Crippen LogP contribution in [-0.2, 0) is 27.4 Å². The average molecular weight is 402 g/mol. The van der Waals surface area contributed by atoms with Gasteiger partial charge in [0.05, 0.1) is 12.0 Å². The fraction of sp³-hybridized carbons (Fsp3) is 0.474. The first kappa shape index (κ1) is 19.0. The van der Waals surface area contributed by atoms with Crippen LogP contribution in [0.25, 0.3) is 0 Å². The normalized spacial score (nSPS) is 18.2. The molecule has 0 unspecified atom stereocenters. The van der Waals surface area contributed by atoms with Gasteiger partial charge in [-0.25, -0.2) is 0 Å². The van der Waals surface area contributed by atoms with Crippen molar-refractivity contribution in [2.75, 3.05) is 25.6 Å². The van der Waals surface area contributed by atoms with Crippen LogP contribution in [0.5, 0.6) is 0 Å². The molecule has 4 rings (SSSR count). The number of amides is 2. The topological polar surface area (TPSA) is 93.7 Å². The number of nitrogens with one attached hydrogen (secondary N) is 1. The Morgan fingerprint density at radius 3 is 2.86 bits per heavy atom. The number of methoxy groups -OCH3 is 1. The van der Waals surface area contributed by atoms with Crippen LogP contribution in [0.1, 0.15) is 40.2 Å². The summed E-state index contributed by atoms with van der Waals surface area (Å²) < 4.78 is 10.6. The molecule has 9 heteroatoms. The summed E-state index contributed by atoms with van der Waals surface area (Å²) in [5, 5.41) is 11.9. The molecule has 0 saturated carbocycles. The SMILES string of the molecule is COCc1nnc(NC(=O)CC2(N3Cc4ccccc4C3=O)CCOCC2)s1. The highest BCUT2D eigenvalue weighted by Crippen LogP contribution is 2.38. The van der Waals surface area contributed by atoms with Gasteiger partial charge in [-0.15, -0.1) is 10.2 Å². The molecule has 28 heavy (non-hydrogen) atoms. The molecule has 1 fully saturated rings. The third-order valence-corrected chi connectivity index (χ3v) is 6.10. The molecule has 3 heterocycles. The number of hydrogen-bond acceptors (Lipinski definition) is 7. The van der Waals surface area contributed by atoms with E-state index in [2.05, 4.69) is 15.5 Å². The lowest BCUT2D eigenvalue weighted by atomic mass is 9.84. The lowest BCUT2D eigenvalue weighted by molar-refractivity contribution is -0.120. The second-order valence-corrected chi connectivity index (χ2v) is 8.11. The van der Waals surface area contributed by atoms with E-state index in [-0.39, 0.29) is 18.2 Å². The smallest absolute Gasteiger partial charge is 0.254 e. The molecule has 1 saturated heterocycles. The summed E-state index contributed by atoms with van der Waals surface area (Å²) in [6.45, 7) is 1.95. The molecule has 2 aliphatic heterocycles. The number of aromatic nitrogens is 2. The third-order valence-electron chi connectivity index (χ3n) is 5.29. The van der Waals surface area contributed by atoms with Crippen molar-refractivity contribution in [3.8, 4) is 0 Å². The van der Waals surface area contributed by atoms with Gasteiger partial charge >= 0.3 is 0 Å². The molecule has 2 aromatic rings. The zero-order valence-electron chi connectivity index (χ0n) is 15.6. The minimum absolute atomic E-state index is 0.0106. The molecule has 2 amide bonds. The number of nitrogens with zero attached hydrogens (tertiary/aromatic N) is 3. The van der Waals surface area contributed by atoms with Crippen molar-refractivity contribution in [1.82, 2.24) is 15.1 Å². The lowest BCUT2D eigenvalue weighted by Crippen LogP contribution is -2.54. The van der Waals surface area contributed by atoms with E-state index in [0.29, 0.717) is 49.3 Å². The molecule has 0 atom stereocenters. The van der Waals surface area contributed by atoms with Crippen LogP contribution in [0.4, 0.5) is 5.13 Å². The van der Waals surface area contributed by atoms with Crippen LogP contribution in [0.3, 0.4) is 0 Å². The standard InChI is InChI=1S/C19H22N4O4S/c1-26-12-16-21-22-18(28-16)20-15(24)10-19(6-8-27-9-7-19)23-11-13-4-2-3-5-14(13)17(23)25/h2-5H,6-12H2,1H3,(H,20,22,24). The monoisotopic (exact) mass is 402 g/mol. The quantitative estimate of drug-likeness (QED) is 0.796. The van der Waals surface area contributed by atoms with E-state index >= 15 is 0 Å². The van der Waals surface area contributed by atoms with Gasteiger partial charge in [-0.1, -0.05) is 29.5 Å². The zero-order chi connectivity index (χ0) is 19.6. The number of hydrogen-bond donors (Lipinski definition) is 1. The Hall–Kier alpha value is -2.36. The van der Waals surface area contributed by atoms with Crippen molar-refractivity contribution in [3.05, 3.63) is 40.4 Å². The van der Waals surface area contributed by atoms with Gasteiger partial charge in [-0.05, 0) is 24.5 Å². The molecular weight excluding hydrogens is 380 g/mol. The highest BCUT2D eigenvalue weighted by atomic mass is 32.1. The zero-order valence-corrected chi connectivity index (χ0v) is 16.5. The molecule has 1 N–H and O–H groups in total. The number of anilines is 1. The number of carbonyl (C=O) groups excluding carboxylic acids is 2. The Morgan fingerprint density at radius 1 is 1.32 bits per heavy atom. The van der Waals surface area contributed by atoms with Crippen LogP contribution in [0, 0.1) is 0 Å². The fourth-order valence-corrected chi connectivity index (χ4v) is 4.61. The summed E-state index contributed by atoms with van der Waals surface area (Å²) in [5.74, 6) is -0.186. The van der Waals surface area contributed by atoms with E-state index in [0.717, 1.165) is 11.1 Å². The van der Waals surface area contributed by atoms with Gasteiger partial charge in [0.15, 0.2) is 0 Å². The molecule has 0 spiro atoms. The maximum atomic E-state index is 13.0. The molecule has 2 aliphatic rings. The van der Waals surface area contributed by atoms with E-state index < -0.39 is 5.54 Å². The van der Waals surface area contributed by atoms with Gasteiger partial charge in [-0.3, -0.25) is 9.59 Å². The summed E-state index contributed by atoms with van der Waals surface area (Å²) in [4.78, 5) is 27.7. The first-order chi connectivity index (χ1) is 13.6. The highest BCUT2D eigenvalue weighted by Gasteiger charge is 2.46. The summed E-state index contributed by atoms with van der Waals surface area (Å²) in [5.41, 5.74) is 1.17. The largest absolute Gasteiger partial charge is 0.381 e. The Balaban J connectivity index is 1.51. The van der Waals surface area contributed by atoms with Crippen molar-refractivity contribution in [2.24, 2.45) is 0 Å². The molecule has 0 bridgehead atoms. The summed E-state index contributed by atoms with van der Waals surface area (Å²) in [6.07, 6.45) is 1.46. The summed E-state index contributed by atoms with van der Waals surface area (Å²) in [7, 11) is 1.58. The van der Waals surface area contributed by atoms with Crippen LogP contribution in [-0.4, -0.2) is 52.8 Å². The molecule has 8 nitrogen and oxygen atoms in total. The summed E-state index contributed by atoms with van der Waals surface area (Å²) in [6, 6.07) is 7.63. The predicted molar refractivity (Wildman–Crippen MR) is 103 cm³/mol. The first-order valence-corrected chi connectivity index (χ1v) is 10.0. The van der Waals surface area contributed by atoms with Crippen molar-refractivity contribution < 1.29 is 19.1 Å². The van der Waals surface area contributed by atoms with Gasteiger partial charge in [0.2, 0.25) is 11.0 Å². The van der Waals surface area contributed by atoms with E-state index in [1.807, 2.05) is 29.2 Å². The Kier molecular flexibility index (Phi) is 5.38. The first-order valence-electron chi connectivity index (χ1n) is 9.20. The maximum Gasteiger partial charge on any atom is 0.254 e. The van der Waals surface area contributed by atoms with Crippen molar-refractivity contribution >= 4 is 28.3 Å². The molecule has 1 aromatic heterocycles. The minimum atomic E-state index is -0.557. The fourth-order valence-electron chi connectivity index (χ4n) is 3.88. The highest BCUT2D eigenvalue weighted by molar-refractivity contribution is 7.15. The minimum Gasteiger partial charge on any atom is -0.381 e. The van der Waals surface area contributed by atoms with Gasteiger partial charge in [-0.2, -0.15) is 0 Å². The van der Waals surface area contributed by atoms with Crippen LogP contribution < -0.4 is 5.32 Å². The second kappa shape index (κ2) is 7.94. The summed E-state index contributed by atoms with van der Waals surface area (Å²) >= 11 is 1.28. The molecule has 148 valence electrons. The van der Waals surface area contributed by atoms with Crippen LogP contribution in [0.2, 0.25) is 0 Å². The Bertz CT molecular complexity index is 878. The average Bonchev–Trinajstić information content (AvgIpc) is 3.27. The molecular formula is C19H22N4O4S. The second-order valence-electron chi connectivity index (χ2n) is 7.04. The van der Waals surface area contributed by atoms with Gasteiger partial charge in [0.1, 0.15) is 11.6 Å². The predicted octanol–water partition coefficient (Wildman–Crippen LogP) is 2.22. The Labute approximate surface area is 166 Å². The van der Waals surface area contributed by atoms with E-state index in [1.54, 1.807) is 7.11 Å². The van der Waals surface area contributed by atoms with Gasteiger partial charge < -0.3 is 19.7 Å². The Morgan fingerprint density at radius 2 is 2.11 bits per heavy atom. The van der Waals surface area contributed by atoms with Gasteiger partial charge in [0, 0.05) is 32.4 Å². The lowest BCUT2D eigenvalue weighted by Gasteiger charge is -2.44. The molecule has 0 radical (unpaired) electrons. The molecule has 1 aromatic carbocycles. The van der Waals surface area contributed by atoms with Crippen LogP contribution >= 0.6 is 11.3 Å². The third kappa shape index (κ3) is 3.65. The molecule has 0 aliphatic carbocycles. The number of fused-ring (bicyclic) bond motifs is 1. The van der Waals surface area contributed by atoms with Crippen molar-refractivity contribution in [1.29, 1.82) is 0 Å². The van der Waals surface area contributed by atoms with E-state index in [9.17, 15) is 9.59 Å². The maximum absolute atomic E-state index is 13.0. The number of rotatable bonds is 6. The van der Waals surface area contributed by atoms with Gasteiger partial charge in [0.25, 0.3) is 5.91 Å².